The van der Waals surface area contributed by atoms with E-state index >= 15 is 0 Å². The van der Waals surface area contributed by atoms with Crippen LogP contribution in [-0.2, 0) is 9.53 Å². The number of ether oxygens (including phenoxy) is 1. The van der Waals surface area contributed by atoms with Gasteiger partial charge in [-0.1, -0.05) is 0 Å². The van der Waals surface area contributed by atoms with Gasteiger partial charge in [0.2, 0.25) is 6.80 Å². The summed E-state index contributed by atoms with van der Waals surface area (Å²) in [6.07, 6.45) is 0. The molecular weight excluding hydrogens is 191 g/mol. The van der Waals surface area contributed by atoms with Crippen LogP contribution in [0, 0.1) is 0 Å². The van der Waals surface area contributed by atoms with Crippen molar-refractivity contribution >= 4 is 5.97 Å². The first-order valence-electron chi connectivity index (χ1n) is 4.34. The number of aliphatic hydroxyl groups is 1. The van der Waals surface area contributed by atoms with E-state index in [-0.39, 0.29) is 11.1 Å². The van der Waals surface area contributed by atoms with Crippen molar-refractivity contribution in [1.29, 1.82) is 0 Å². The standard InChI is InChI=1S/C8H18FN2O3/c1-11(2,6-9)3-4-14-8(13)7(10)5-12/h7,12H,3-6,10H2,1-2H3/q+1/t7-/m0/s1. The quantitative estimate of drug-likeness (QED) is 0.329. The largest absolute Gasteiger partial charge is 0.458 e. The zero-order valence-electron chi connectivity index (χ0n) is 8.57. The number of nitrogens with two attached hydrogens (primary N) is 1. The van der Waals surface area contributed by atoms with Gasteiger partial charge in [0.25, 0.3) is 0 Å². The smallest absolute Gasteiger partial charge is 0.325 e. The minimum atomic E-state index is -1.00. The number of hydrogen-bond donors (Lipinski definition) is 2. The van der Waals surface area contributed by atoms with E-state index in [1.807, 2.05) is 0 Å². The first-order valence-corrected chi connectivity index (χ1v) is 4.34. The number of aliphatic hydroxyl groups excluding tert-OH is 1. The van der Waals surface area contributed by atoms with Crippen molar-refractivity contribution in [1.82, 2.24) is 0 Å². The molecule has 6 heteroatoms. The third-order valence-corrected chi connectivity index (χ3v) is 1.76. The Morgan fingerprint density at radius 1 is 1.64 bits per heavy atom. The maximum Gasteiger partial charge on any atom is 0.325 e. The van der Waals surface area contributed by atoms with Gasteiger partial charge in [0, 0.05) is 0 Å². The van der Waals surface area contributed by atoms with Crippen molar-refractivity contribution in [3.8, 4) is 0 Å². The number of likely N-dealkylation sites (N-methyl/N-ethyl adjacent to an activating group) is 1. The second-order valence-corrected chi connectivity index (χ2v) is 3.74. The van der Waals surface area contributed by atoms with Gasteiger partial charge in [0.1, 0.15) is 19.2 Å². The maximum atomic E-state index is 12.3. The Labute approximate surface area is 82.8 Å². The van der Waals surface area contributed by atoms with Crippen LogP contribution in [-0.4, -0.2) is 62.3 Å². The molecule has 0 unspecified atom stereocenters. The van der Waals surface area contributed by atoms with Crippen LogP contribution >= 0.6 is 0 Å². The first-order chi connectivity index (χ1) is 6.43. The number of rotatable bonds is 6. The van der Waals surface area contributed by atoms with Crippen LogP contribution in [0.25, 0.3) is 0 Å². The number of esters is 1. The number of alkyl halides is 1. The molecule has 0 saturated heterocycles. The molecule has 0 aliphatic heterocycles. The normalized spacial score (nSPS) is 13.8. The molecule has 0 radical (unpaired) electrons. The first kappa shape index (κ1) is 13.3. The zero-order valence-corrected chi connectivity index (χ0v) is 8.57. The summed E-state index contributed by atoms with van der Waals surface area (Å²) >= 11 is 0. The minimum Gasteiger partial charge on any atom is -0.458 e. The average Bonchev–Trinajstić information content (AvgIpc) is 2.16. The molecule has 0 aromatic carbocycles. The van der Waals surface area contributed by atoms with Crippen molar-refractivity contribution in [2.75, 3.05) is 40.7 Å². The van der Waals surface area contributed by atoms with Gasteiger partial charge in [0.15, 0.2) is 0 Å². The molecule has 0 fully saturated rings. The van der Waals surface area contributed by atoms with E-state index in [9.17, 15) is 9.18 Å². The Kier molecular flexibility index (Phi) is 5.59. The molecule has 0 aliphatic carbocycles. The molecule has 0 amide bonds. The Hall–Kier alpha value is -0.720. The number of nitrogens with zero attached hydrogens (tertiary/aromatic N) is 1. The summed E-state index contributed by atoms with van der Waals surface area (Å²) in [5, 5.41) is 8.52. The average molecular weight is 209 g/mol. The number of hydrogen-bond acceptors (Lipinski definition) is 4. The fraction of sp³-hybridized carbons (Fsp3) is 0.875. The molecule has 0 bridgehead atoms. The molecule has 0 aliphatic rings. The van der Waals surface area contributed by atoms with Gasteiger partial charge in [-0.2, -0.15) is 4.39 Å². The molecule has 84 valence electrons. The van der Waals surface area contributed by atoms with Gasteiger partial charge < -0.3 is 15.6 Å². The van der Waals surface area contributed by atoms with Crippen LogP contribution in [0.15, 0.2) is 0 Å². The van der Waals surface area contributed by atoms with Crippen LogP contribution in [0.2, 0.25) is 0 Å². The van der Waals surface area contributed by atoms with Gasteiger partial charge in [-0.05, 0) is 0 Å². The van der Waals surface area contributed by atoms with Crippen LogP contribution < -0.4 is 5.73 Å². The summed E-state index contributed by atoms with van der Waals surface area (Å²) in [5.74, 6) is -0.661. The third kappa shape index (κ3) is 5.11. The zero-order chi connectivity index (χ0) is 11.2. The lowest BCUT2D eigenvalue weighted by molar-refractivity contribution is -0.902. The Morgan fingerprint density at radius 2 is 2.21 bits per heavy atom. The summed E-state index contributed by atoms with van der Waals surface area (Å²) in [6, 6.07) is -1.00. The van der Waals surface area contributed by atoms with Crippen molar-refractivity contribution in [2.24, 2.45) is 5.73 Å². The Bertz CT molecular complexity index is 187. The van der Waals surface area contributed by atoms with E-state index in [1.54, 1.807) is 14.1 Å². The van der Waals surface area contributed by atoms with E-state index < -0.39 is 25.4 Å². The van der Waals surface area contributed by atoms with E-state index in [4.69, 9.17) is 15.6 Å². The van der Waals surface area contributed by atoms with Gasteiger partial charge in [-0.3, -0.25) is 9.28 Å². The predicted octanol–water partition coefficient (Wildman–Crippen LogP) is -1.15. The van der Waals surface area contributed by atoms with Gasteiger partial charge in [-0.25, -0.2) is 0 Å². The molecule has 0 spiro atoms. The van der Waals surface area contributed by atoms with Crippen LogP contribution in [0.1, 0.15) is 0 Å². The molecule has 5 nitrogen and oxygen atoms in total. The second-order valence-electron chi connectivity index (χ2n) is 3.74. The molecule has 3 N–H and O–H groups in total. The molecule has 14 heavy (non-hydrogen) atoms. The van der Waals surface area contributed by atoms with Crippen LogP contribution in [0.5, 0.6) is 0 Å². The van der Waals surface area contributed by atoms with Gasteiger partial charge >= 0.3 is 5.97 Å². The highest BCUT2D eigenvalue weighted by molar-refractivity contribution is 5.75. The van der Waals surface area contributed by atoms with E-state index in [2.05, 4.69) is 0 Å². The molecule has 0 rings (SSSR count). The molecule has 0 heterocycles. The monoisotopic (exact) mass is 209 g/mol. The lowest BCUT2D eigenvalue weighted by Gasteiger charge is -2.25. The SMILES string of the molecule is C[N+](C)(CF)CCOC(=O)[C@@H](N)CO. The van der Waals surface area contributed by atoms with Gasteiger partial charge in [0.05, 0.1) is 20.7 Å². The highest BCUT2D eigenvalue weighted by Crippen LogP contribution is 1.97. The summed E-state index contributed by atoms with van der Waals surface area (Å²) in [6.45, 7) is -0.492. The lowest BCUT2D eigenvalue weighted by atomic mass is 10.3. The molecule has 0 saturated carbocycles. The van der Waals surface area contributed by atoms with Crippen LogP contribution in [0.3, 0.4) is 0 Å². The van der Waals surface area contributed by atoms with Crippen LogP contribution in [0.4, 0.5) is 4.39 Å². The predicted molar refractivity (Wildman–Crippen MR) is 49.0 cm³/mol. The third-order valence-electron chi connectivity index (χ3n) is 1.76. The number of carbonyl (C=O) groups is 1. The summed E-state index contributed by atoms with van der Waals surface area (Å²) in [7, 11) is 3.36. The summed E-state index contributed by atoms with van der Waals surface area (Å²) in [4.78, 5) is 10.9. The number of carbonyl (C=O) groups excluding carboxylic acids is 1. The van der Waals surface area contributed by atoms with Crippen molar-refractivity contribution in [3.63, 3.8) is 0 Å². The molecule has 0 aromatic heterocycles. The summed E-state index contributed by atoms with van der Waals surface area (Å²) in [5.41, 5.74) is 5.20. The van der Waals surface area contributed by atoms with Crippen molar-refractivity contribution in [2.45, 2.75) is 6.04 Å². The van der Waals surface area contributed by atoms with E-state index in [1.165, 1.54) is 0 Å². The van der Waals surface area contributed by atoms with E-state index in [0.717, 1.165) is 0 Å². The van der Waals surface area contributed by atoms with Crippen molar-refractivity contribution < 1.29 is 23.5 Å². The highest BCUT2D eigenvalue weighted by atomic mass is 19.1. The van der Waals surface area contributed by atoms with Crippen molar-refractivity contribution in [3.05, 3.63) is 0 Å². The minimum absolute atomic E-state index is 0.101. The van der Waals surface area contributed by atoms with E-state index in [0.29, 0.717) is 6.54 Å². The lowest BCUT2D eigenvalue weighted by Crippen LogP contribution is -2.43. The topological polar surface area (TPSA) is 72.5 Å². The maximum absolute atomic E-state index is 12.3. The fourth-order valence-electron chi connectivity index (χ4n) is 0.635. The summed E-state index contributed by atoms with van der Waals surface area (Å²) < 4.78 is 17.1. The highest BCUT2D eigenvalue weighted by Gasteiger charge is 2.17. The molecule has 1 atom stereocenters. The van der Waals surface area contributed by atoms with Gasteiger partial charge in [-0.15, -0.1) is 0 Å². The Balaban J connectivity index is 3.69. The Morgan fingerprint density at radius 3 is 2.64 bits per heavy atom. The molecular formula is C8H18FN2O3+. The second kappa shape index (κ2) is 5.90. The number of quaternary nitrogens is 1. The fourth-order valence-corrected chi connectivity index (χ4v) is 0.635. The molecule has 0 aromatic rings. The number of halogens is 1.